The van der Waals surface area contributed by atoms with E-state index in [0.717, 1.165) is 24.2 Å². The summed E-state index contributed by atoms with van der Waals surface area (Å²) in [6, 6.07) is 15.8. The molecule has 0 saturated heterocycles. The van der Waals surface area contributed by atoms with Crippen molar-refractivity contribution < 1.29 is 9.53 Å². The number of carbonyl (C=O) groups excluding carboxylic acids is 1. The van der Waals surface area contributed by atoms with E-state index in [1.54, 1.807) is 0 Å². The SMILES string of the molecule is CCCCC(CC)COC(=O)Nc1ccccc1Nc1ccc(C)cc1. The van der Waals surface area contributed by atoms with Crippen LogP contribution in [0, 0.1) is 12.8 Å². The zero-order chi connectivity index (χ0) is 18.8. The normalized spacial score (nSPS) is 11.7. The summed E-state index contributed by atoms with van der Waals surface area (Å²) in [5, 5.41) is 6.19. The van der Waals surface area contributed by atoms with Crippen molar-refractivity contribution in [3.63, 3.8) is 0 Å². The van der Waals surface area contributed by atoms with Gasteiger partial charge in [-0.2, -0.15) is 0 Å². The van der Waals surface area contributed by atoms with Gasteiger partial charge in [-0.05, 0) is 43.5 Å². The highest BCUT2D eigenvalue weighted by molar-refractivity contribution is 5.90. The van der Waals surface area contributed by atoms with Gasteiger partial charge in [0.25, 0.3) is 0 Å². The van der Waals surface area contributed by atoms with Gasteiger partial charge in [-0.25, -0.2) is 4.79 Å². The van der Waals surface area contributed by atoms with Crippen LogP contribution in [0.4, 0.5) is 21.9 Å². The van der Waals surface area contributed by atoms with Gasteiger partial charge in [0.1, 0.15) is 0 Å². The molecule has 2 aromatic carbocycles. The van der Waals surface area contributed by atoms with Gasteiger partial charge in [-0.15, -0.1) is 0 Å². The van der Waals surface area contributed by atoms with Gasteiger partial charge in [0.2, 0.25) is 0 Å². The summed E-state index contributed by atoms with van der Waals surface area (Å²) < 4.78 is 5.44. The largest absolute Gasteiger partial charge is 0.449 e. The van der Waals surface area contributed by atoms with Crippen molar-refractivity contribution in [2.75, 3.05) is 17.2 Å². The minimum atomic E-state index is -0.405. The van der Waals surface area contributed by atoms with E-state index in [-0.39, 0.29) is 0 Å². The fourth-order valence-corrected chi connectivity index (χ4v) is 2.73. The van der Waals surface area contributed by atoms with Gasteiger partial charge in [-0.1, -0.05) is 62.9 Å². The first kappa shape index (κ1) is 19.8. The van der Waals surface area contributed by atoms with Crippen LogP contribution in [0.2, 0.25) is 0 Å². The predicted molar refractivity (Wildman–Crippen MR) is 109 cm³/mol. The molecule has 2 N–H and O–H groups in total. The second-order valence-corrected chi connectivity index (χ2v) is 6.68. The molecule has 0 saturated carbocycles. The van der Waals surface area contributed by atoms with E-state index in [9.17, 15) is 4.79 Å². The molecule has 0 spiro atoms. The third kappa shape index (κ3) is 6.43. The second kappa shape index (κ2) is 10.5. The first-order chi connectivity index (χ1) is 12.6. The number of nitrogens with one attached hydrogen (secondary N) is 2. The lowest BCUT2D eigenvalue weighted by Gasteiger charge is -2.16. The quantitative estimate of drug-likeness (QED) is 0.540. The predicted octanol–water partition coefficient (Wildman–Crippen LogP) is 6.50. The molecule has 1 amide bonds. The van der Waals surface area contributed by atoms with Crippen LogP contribution in [-0.4, -0.2) is 12.7 Å². The number of para-hydroxylation sites is 2. The number of benzene rings is 2. The molecule has 0 fully saturated rings. The molecule has 4 nitrogen and oxygen atoms in total. The van der Waals surface area contributed by atoms with Crippen LogP contribution in [0.1, 0.15) is 45.1 Å². The molecule has 140 valence electrons. The number of anilines is 3. The summed E-state index contributed by atoms with van der Waals surface area (Å²) in [7, 11) is 0. The van der Waals surface area contributed by atoms with E-state index in [1.165, 1.54) is 18.4 Å². The molecule has 4 heteroatoms. The highest BCUT2D eigenvalue weighted by Gasteiger charge is 2.11. The van der Waals surface area contributed by atoms with E-state index < -0.39 is 6.09 Å². The van der Waals surface area contributed by atoms with Gasteiger partial charge in [0.05, 0.1) is 18.0 Å². The Labute approximate surface area is 157 Å². The van der Waals surface area contributed by atoms with E-state index in [0.29, 0.717) is 18.2 Å². The summed E-state index contributed by atoms with van der Waals surface area (Å²) in [4.78, 5) is 12.2. The lowest BCUT2D eigenvalue weighted by Crippen LogP contribution is -2.19. The van der Waals surface area contributed by atoms with E-state index in [1.807, 2.05) is 48.5 Å². The van der Waals surface area contributed by atoms with E-state index in [2.05, 4.69) is 31.4 Å². The standard InChI is InChI=1S/C22H30N2O2/c1-4-6-9-18(5-2)16-26-22(25)24-21-11-8-7-10-20(21)23-19-14-12-17(3)13-15-19/h7-8,10-15,18,23H,4-6,9,16H2,1-3H3,(H,24,25). The highest BCUT2D eigenvalue weighted by atomic mass is 16.5. The Morgan fingerprint density at radius 1 is 1.04 bits per heavy atom. The molecule has 1 atom stereocenters. The summed E-state index contributed by atoms with van der Waals surface area (Å²) in [6.45, 7) is 6.84. The molecule has 0 radical (unpaired) electrons. The van der Waals surface area contributed by atoms with Crippen LogP contribution in [0.25, 0.3) is 0 Å². The zero-order valence-corrected chi connectivity index (χ0v) is 16.0. The van der Waals surface area contributed by atoms with Crippen LogP contribution in [0.3, 0.4) is 0 Å². The number of aryl methyl sites for hydroxylation is 1. The van der Waals surface area contributed by atoms with Crippen LogP contribution >= 0.6 is 0 Å². The third-order valence-corrected chi connectivity index (χ3v) is 4.49. The summed E-state index contributed by atoms with van der Waals surface area (Å²) in [5.74, 6) is 0.432. The zero-order valence-electron chi connectivity index (χ0n) is 16.0. The Bertz CT molecular complexity index is 683. The topological polar surface area (TPSA) is 50.4 Å². The summed E-state index contributed by atoms with van der Waals surface area (Å²) in [6.07, 6.45) is 4.07. The molecule has 0 aromatic heterocycles. The minimum Gasteiger partial charge on any atom is -0.449 e. The highest BCUT2D eigenvalue weighted by Crippen LogP contribution is 2.25. The fraction of sp³-hybridized carbons (Fsp3) is 0.409. The maximum absolute atomic E-state index is 12.2. The maximum Gasteiger partial charge on any atom is 0.411 e. The molecule has 2 aromatic rings. The van der Waals surface area contributed by atoms with Crippen molar-refractivity contribution in [1.82, 2.24) is 0 Å². The molecule has 0 heterocycles. The molecule has 2 rings (SSSR count). The molecule has 0 bridgehead atoms. The average Bonchev–Trinajstić information content (AvgIpc) is 2.65. The Morgan fingerprint density at radius 2 is 1.73 bits per heavy atom. The van der Waals surface area contributed by atoms with Crippen molar-refractivity contribution in [3.05, 3.63) is 54.1 Å². The second-order valence-electron chi connectivity index (χ2n) is 6.68. The number of hydrogen-bond donors (Lipinski definition) is 2. The molecule has 0 aliphatic carbocycles. The Kier molecular flexibility index (Phi) is 8.00. The minimum absolute atomic E-state index is 0.405. The average molecular weight is 354 g/mol. The lowest BCUT2D eigenvalue weighted by molar-refractivity contribution is 0.136. The first-order valence-electron chi connectivity index (χ1n) is 9.48. The van der Waals surface area contributed by atoms with Gasteiger partial charge in [0, 0.05) is 5.69 Å². The number of ether oxygens (including phenoxy) is 1. The van der Waals surface area contributed by atoms with Crippen molar-refractivity contribution in [3.8, 4) is 0 Å². The van der Waals surface area contributed by atoms with Crippen molar-refractivity contribution in [2.45, 2.75) is 46.5 Å². The van der Waals surface area contributed by atoms with Crippen molar-refractivity contribution >= 4 is 23.2 Å². The molecule has 26 heavy (non-hydrogen) atoms. The smallest absolute Gasteiger partial charge is 0.411 e. The van der Waals surface area contributed by atoms with Gasteiger partial charge < -0.3 is 10.1 Å². The van der Waals surface area contributed by atoms with Crippen LogP contribution in [-0.2, 0) is 4.74 Å². The van der Waals surface area contributed by atoms with Crippen molar-refractivity contribution in [2.24, 2.45) is 5.92 Å². The van der Waals surface area contributed by atoms with Gasteiger partial charge in [-0.3, -0.25) is 5.32 Å². The Morgan fingerprint density at radius 3 is 2.38 bits per heavy atom. The number of hydrogen-bond acceptors (Lipinski definition) is 3. The maximum atomic E-state index is 12.2. The fourth-order valence-electron chi connectivity index (χ4n) is 2.73. The van der Waals surface area contributed by atoms with Crippen molar-refractivity contribution in [1.29, 1.82) is 0 Å². The number of amides is 1. The number of carbonyl (C=O) groups is 1. The van der Waals surface area contributed by atoms with Crippen LogP contribution in [0.5, 0.6) is 0 Å². The Balaban J connectivity index is 1.94. The molecule has 1 unspecified atom stereocenters. The van der Waals surface area contributed by atoms with Crippen LogP contribution < -0.4 is 10.6 Å². The number of unbranched alkanes of at least 4 members (excludes halogenated alkanes) is 1. The number of rotatable bonds is 9. The summed E-state index contributed by atoms with van der Waals surface area (Å²) >= 11 is 0. The molecular weight excluding hydrogens is 324 g/mol. The van der Waals surface area contributed by atoms with E-state index in [4.69, 9.17) is 4.74 Å². The monoisotopic (exact) mass is 354 g/mol. The summed E-state index contributed by atoms with van der Waals surface area (Å²) in [5.41, 5.74) is 3.73. The van der Waals surface area contributed by atoms with Crippen LogP contribution in [0.15, 0.2) is 48.5 Å². The van der Waals surface area contributed by atoms with E-state index >= 15 is 0 Å². The first-order valence-corrected chi connectivity index (χ1v) is 9.48. The Hall–Kier alpha value is -2.49. The van der Waals surface area contributed by atoms with Gasteiger partial charge >= 0.3 is 6.09 Å². The molecule has 0 aliphatic heterocycles. The lowest BCUT2D eigenvalue weighted by atomic mass is 10.0. The molecular formula is C22H30N2O2. The third-order valence-electron chi connectivity index (χ3n) is 4.49. The molecule has 0 aliphatic rings. The van der Waals surface area contributed by atoms with Gasteiger partial charge in [0.15, 0.2) is 0 Å².